The molecule has 2 aliphatic rings. The summed E-state index contributed by atoms with van der Waals surface area (Å²) in [6.45, 7) is 6.07. The number of hydrogen-bond donors (Lipinski definition) is 0. The van der Waals surface area contributed by atoms with Crippen LogP contribution in [0.5, 0.6) is 5.75 Å². The van der Waals surface area contributed by atoms with Crippen LogP contribution in [-0.4, -0.2) is 71.2 Å². The number of likely N-dealkylation sites (tertiary alicyclic amines) is 1. The minimum Gasteiger partial charge on any atom is -0.497 e. The van der Waals surface area contributed by atoms with Gasteiger partial charge in [0.2, 0.25) is 0 Å². The number of piperidine rings is 1. The topological polar surface area (TPSA) is 68.5 Å². The molecule has 0 spiro atoms. The third-order valence-corrected chi connectivity index (χ3v) is 7.22. The third kappa shape index (κ3) is 4.66. The molecule has 2 fully saturated rings. The molecule has 0 unspecified atom stereocenters. The second-order valence-electron chi connectivity index (χ2n) is 9.52. The van der Waals surface area contributed by atoms with Gasteiger partial charge in [0, 0.05) is 38.3 Å². The minimum atomic E-state index is 0.320. The van der Waals surface area contributed by atoms with E-state index in [1.807, 2.05) is 30.5 Å². The van der Waals surface area contributed by atoms with Crippen LogP contribution in [0.25, 0.3) is 22.4 Å². The molecule has 6 rings (SSSR count). The standard InChI is InChI=1S/C28H32N6O2/c1-35-24-9-5-6-21(18-24)20-32-12-10-23(11-13-32)34-28-25(19-29-34)27(33-14-16-36-17-15-33)30-26(31-28)22-7-3-2-4-8-22/h2-9,18-19,23H,10-17,20H2,1H3. The molecule has 0 saturated carbocycles. The van der Waals surface area contributed by atoms with Crippen LogP contribution in [0.15, 0.2) is 60.8 Å². The Morgan fingerprint density at radius 1 is 0.944 bits per heavy atom. The minimum absolute atomic E-state index is 0.320. The van der Waals surface area contributed by atoms with E-state index in [0.29, 0.717) is 19.3 Å². The van der Waals surface area contributed by atoms with Crippen LogP contribution in [-0.2, 0) is 11.3 Å². The summed E-state index contributed by atoms with van der Waals surface area (Å²) in [4.78, 5) is 14.9. The second kappa shape index (κ2) is 10.2. The number of aromatic nitrogens is 4. The molecular weight excluding hydrogens is 452 g/mol. The van der Waals surface area contributed by atoms with E-state index in [2.05, 4.69) is 44.8 Å². The lowest BCUT2D eigenvalue weighted by Gasteiger charge is -2.32. The molecule has 0 radical (unpaired) electrons. The van der Waals surface area contributed by atoms with Crippen molar-refractivity contribution in [1.82, 2.24) is 24.6 Å². The van der Waals surface area contributed by atoms with Crippen molar-refractivity contribution in [2.75, 3.05) is 51.4 Å². The monoisotopic (exact) mass is 484 g/mol. The molecule has 4 aromatic rings. The van der Waals surface area contributed by atoms with Crippen molar-refractivity contribution >= 4 is 16.9 Å². The van der Waals surface area contributed by atoms with Gasteiger partial charge in [0.1, 0.15) is 11.6 Å². The third-order valence-electron chi connectivity index (χ3n) is 7.22. The molecule has 0 atom stereocenters. The van der Waals surface area contributed by atoms with Crippen molar-refractivity contribution in [3.8, 4) is 17.1 Å². The number of nitrogens with zero attached hydrogens (tertiary/aromatic N) is 6. The molecule has 2 saturated heterocycles. The van der Waals surface area contributed by atoms with Crippen molar-refractivity contribution in [1.29, 1.82) is 0 Å². The summed E-state index contributed by atoms with van der Waals surface area (Å²) < 4.78 is 13.1. The van der Waals surface area contributed by atoms with E-state index in [-0.39, 0.29) is 0 Å². The van der Waals surface area contributed by atoms with E-state index in [0.717, 1.165) is 79.6 Å². The van der Waals surface area contributed by atoms with Crippen molar-refractivity contribution in [2.24, 2.45) is 0 Å². The van der Waals surface area contributed by atoms with E-state index >= 15 is 0 Å². The van der Waals surface area contributed by atoms with Crippen LogP contribution in [0, 0.1) is 0 Å². The predicted molar refractivity (Wildman–Crippen MR) is 140 cm³/mol. The van der Waals surface area contributed by atoms with Gasteiger partial charge in [-0.05, 0) is 30.5 Å². The fourth-order valence-corrected chi connectivity index (χ4v) is 5.26. The average Bonchev–Trinajstić information content (AvgIpc) is 3.38. The molecule has 2 aliphatic heterocycles. The van der Waals surface area contributed by atoms with E-state index in [1.54, 1.807) is 7.11 Å². The number of rotatable bonds is 6. The van der Waals surface area contributed by atoms with Crippen LogP contribution in [0.1, 0.15) is 24.4 Å². The van der Waals surface area contributed by atoms with Gasteiger partial charge < -0.3 is 14.4 Å². The van der Waals surface area contributed by atoms with Crippen molar-refractivity contribution in [3.63, 3.8) is 0 Å². The summed E-state index contributed by atoms with van der Waals surface area (Å²) in [5.41, 5.74) is 3.24. The van der Waals surface area contributed by atoms with E-state index in [4.69, 9.17) is 24.5 Å². The fraction of sp³-hybridized carbons (Fsp3) is 0.393. The Balaban J connectivity index is 1.27. The number of fused-ring (bicyclic) bond motifs is 1. The number of methoxy groups -OCH3 is 1. The van der Waals surface area contributed by atoms with Crippen LogP contribution in [0.2, 0.25) is 0 Å². The zero-order valence-corrected chi connectivity index (χ0v) is 20.7. The Morgan fingerprint density at radius 3 is 2.53 bits per heavy atom. The van der Waals surface area contributed by atoms with Gasteiger partial charge in [0.15, 0.2) is 11.5 Å². The molecule has 0 aliphatic carbocycles. The van der Waals surface area contributed by atoms with Crippen LogP contribution >= 0.6 is 0 Å². The first kappa shape index (κ1) is 22.9. The van der Waals surface area contributed by atoms with Crippen molar-refractivity contribution in [2.45, 2.75) is 25.4 Å². The summed E-state index contributed by atoms with van der Waals surface area (Å²) in [6.07, 6.45) is 4.04. The van der Waals surface area contributed by atoms with Gasteiger partial charge in [-0.2, -0.15) is 5.10 Å². The maximum Gasteiger partial charge on any atom is 0.164 e. The Kier molecular flexibility index (Phi) is 6.53. The molecule has 0 bridgehead atoms. The molecule has 186 valence electrons. The Labute approximate surface area is 211 Å². The highest BCUT2D eigenvalue weighted by atomic mass is 16.5. The van der Waals surface area contributed by atoms with Crippen LogP contribution < -0.4 is 9.64 Å². The molecule has 0 amide bonds. The maximum atomic E-state index is 5.60. The summed E-state index contributed by atoms with van der Waals surface area (Å²) >= 11 is 0. The predicted octanol–water partition coefficient (Wildman–Crippen LogP) is 4.18. The average molecular weight is 485 g/mol. The highest BCUT2D eigenvalue weighted by molar-refractivity contribution is 5.89. The van der Waals surface area contributed by atoms with Gasteiger partial charge in [-0.3, -0.25) is 4.90 Å². The first-order valence-electron chi connectivity index (χ1n) is 12.8. The number of morpholine rings is 1. The molecule has 2 aromatic heterocycles. The molecule has 2 aromatic carbocycles. The molecule has 8 heteroatoms. The van der Waals surface area contributed by atoms with E-state index < -0.39 is 0 Å². The number of anilines is 1. The lowest BCUT2D eigenvalue weighted by atomic mass is 10.0. The molecular formula is C28H32N6O2. The largest absolute Gasteiger partial charge is 0.497 e. The fourth-order valence-electron chi connectivity index (χ4n) is 5.26. The summed E-state index contributed by atoms with van der Waals surface area (Å²) in [6, 6.07) is 18.9. The van der Waals surface area contributed by atoms with Crippen LogP contribution in [0.3, 0.4) is 0 Å². The Morgan fingerprint density at radius 2 is 1.75 bits per heavy atom. The van der Waals surface area contributed by atoms with Gasteiger partial charge in [0.25, 0.3) is 0 Å². The van der Waals surface area contributed by atoms with Crippen LogP contribution in [0.4, 0.5) is 5.82 Å². The SMILES string of the molecule is COc1cccc(CN2CCC(n3ncc4c(N5CCOCC5)nc(-c5ccccc5)nc43)CC2)c1. The van der Waals surface area contributed by atoms with Crippen molar-refractivity contribution < 1.29 is 9.47 Å². The summed E-state index contributed by atoms with van der Waals surface area (Å²) in [7, 11) is 1.72. The Hall–Kier alpha value is -3.49. The zero-order chi connectivity index (χ0) is 24.3. The lowest BCUT2D eigenvalue weighted by molar-refractivity contribution is 0.122. The van der Waals surface area contributed by atoms with E-state index in [9.17, 15) is 0 Å². The lowest BCUT2D eigenvalue weighted by Crippen LogP contribution is -2.37. The summed E-state index contributed by atoms with van der Waals surface area (Å²) in [5.74, 6) is 2.63. The first-order chi connectivity index (χ1) is 17.8. The number of ether oxygens (including phenoxy) is 2. The molecule has 36 heavy (non-hydrogen) atoms. The number of hydrogen-bond acceptors (Lipinski definition) is 7. The highest BCUT2D eigenvalue weighted by Crippen LogP contribution is 2.32. The maximum absolute atomic E-state index is 5.60. The Bertz CT molecular complexity index is 1310. The molecule has 8 nitrogen and oxygen atoms in total. The summed E-state index contributed by atoms with van der Waals surface area (Å²) in [5, 5.41) is 5.89. The van der Waals surface area contributed by atoms with Gasteiger partial charge in [-0.15, -0.1) is 0 Å². The normalized spacial score (nSPS) is 17.5. The van der Waals surface area contributed by atoms with Gasteiger partial charge in [-0.1, -0.05) is 42.5 Å². The second-order valence-corrected chi connectivity index (χ2v) is 9.52. The highest BCUT2D eigenvalue weighted by Gasteiger charge is 2.26. The van der Waals surface area contributed by atoms with Gasteiger partial charge in [0.05, 0.1) is 37.9 Å². The molecule has 0 N–H and O–H groups in total. The first-order valence-corrected chi connectivity index (χ1v) is 12.8. The van der Waals surface area contributed by atoms with Gasteiger partial charge in [-0.25, -0.2) is 14.6 Å². The zero-order valence-electron chi connectivity index (χ0n) is 20.7. The van der Waals surface area contributed by atoms with Gasteiger partial charge >= 0.3 is 0 Å². The van der Waals surface area contributed by atoms with E-state index in [1.165, 1.54) is 5.56 Å². The quantitative estimate of drug-likeness (QED) is 0.407. The van der Waals surface area contributed by atoms with Crippen molar-refractivity contribution in [3.05, 3.63) is 66.4 Å². The molecule has 4 heterocycles. The smallest absolute Gasteiger partial charge is 0.164 e. The number of benzene rings is 2.